The Hall–Kier alpha value is -1.02. The first kappa shape index (κ1) is 8.30. The molecule has 0 aliphatic carbocycles. The molecule has 1 aromatic carbocycles. The smallest absolute Gasteiger partial charge is 0.0366 e. The Labute approximate surface area is 84.9 Å². The molecule has 3 rings (SSSR count). The molecule has 74 valence electrons. The lowest BCUT2D eigenvalue weighted by Crippen LogP contribution is -2.25. The normalized spacial score (nSPS) is 30.7. The summed E-state index contributed by atoms with van der Waals surface area (Å²) < 4.78 is 0. The minimum absolute atomic E-state index is 0.884. The van der Waals surface area contributed by atoms with Crippen LogP contribution >= 0.6 is 0 Å². The molecule has 2 aliphatic rings. The first-order valence-electron chi connectivity index (χ1n) is 5.44. The Balaban J connectivity index is 1.77. The second-order valence-corrected chi connectivity index (χ2v) is 4.42. The molecule has 0 amide bonds. The van der Waals surface area contributed by atoms with Gasteiger partial charge >= 0.3 is 0 Å². The zero-order valence-corrected chi connectivity index (χ0v) is 8.32. The van der Waals surface area contributed by atoms with Gasteiger partial charge in [0.15, 0.2) is 0 Å². The Morgan fingerprint density at radius 3 is 2.29 bits per heavy atom. The van der Waals surface area contributed by atoms with E-state index in [0.717, 1.165) is 11.8 Å². The number of benzene rings is 1. The van der Waals surface area contributed by atoms with E-state index in [0.29, 0.717) is 0 Å². The average Bonchev–Trinajstić information content (AvgIpc) is 2.78. The van der Waals surface area contributed by atoms with E-state index in [1.54, 1.807) is 0 Å². The van der Waals surface area contributed by atoms with Gasteiger partial charge in [-0.2, -0.15) is 0 Å². The highest BCUT2D eigenvalue weighted by atomic mass is 15.2. The van der Waals surface area contributed by atoms with Gasteiger partial charge in [0.05, 0.1) is 0 Å². The Morgan fingerprint density at radius 1 is 1.00 bits per heavy atom. The summed E-state index contributed by atoms with van der Waals surface area (Å²) in [5.74, 6) is 1.77. The van der Waals surface area contributed by atoms with Gasteiger partial charge in [0.1, 0.15) is 0 Å². The topological polar surface area (TPSA) is 15.3 Å². The summed E-state index contributed by atoms with van der Waals surface area (Å²) in [6.07, 6.45) is 0. The van der Waals surface area contributed by atoms with Gasteiger partial charge in [-0.15, -0.1) is 0 Å². The van der Waals surface area contributed by atoms with E-state index in [1.165, 1.54) is 31.9 Å². The lowest BCUT2D eigenvalue weighted by atomic mass is 10.0. The summed E-state index contributed by atoms with van der Waals surface area (Å²) in [5, 5.41) is 3.47. The van der Waals surface area contributed by atoms with Gasteiger partial charge < -0.3 is 10.2 Å². The molecule has 1 aromatic rings. The summed E-state index contributed by atoms with van der Waals surface area (Å²) in [4.78, 5) is 2.52. The zero-order chi connectivity index (χ0) is 9.38. The van der Waals surface area contributed by atoms with Crippen LogP contribution in [0.25, 0.3) is 0 Å². The van der Waals surface area contributed by atoms with Crippen LogP contribution in [0, 0.1) is 11.8 Å². The van der Waals surface area contributed by atoms with Gasteiger partial charge in [0.2, 0.25) is 0 Å². The SMILES string of the molecule is c1ccc(N2C[C@@H]3CNC[C@H]3C2)cc1. The van der Waals surface area contributed by atoms with E-state index >= 15 is 0 Å². The minimum atomic E-state index is 0.884. The summed E-state index contributed by atoms with van der Waals surface area (Å²) >= 11 is 0. The molecular weight excluding hydrogens is 172 g/mol. The Kier molecular flexibility index (Phi) is 1.95. The van der Waals surface area contributed by atoms with E-state index in [4.69, 9.17) is 0 Å². The molecule has 0 bridgehead atoms. The maximum Gasteiger partial charge on any atom is 0.0366 e. The quantitative estimate of drug-likeness (QED) is 0.715. The second kappa shape index (κ2) is 3.28. The van der Waals surface area contributed by atoms with Gasteiger partial charge in [0.25, 0.3) is 0 Å². The first-order chi connectivity index (χ1) is 6.93. The summed E-state index contributed by atoms with van der Waals surface area (Å²) in [6, 6.07) is 10.8. The molecule has 0 unspecified atom stereocenters. The number of rotatable bonds is 1. The van der Waals surface area contributed by atoms with Crippen LogP contribution in [-0.2, 0) is 0 Å². The molecule has 0 radical (unpaired) electrons. The number of anilines is 1. The van der Waals surface area contributed by atoms with Crippen molar-refractivity contribution in [3.63, 3.8) is 0 Å². The van der Waals surface area contributed by atoms with Crippen LogP contribution in [0.2, 0.25) is 0 Å². The molecule has 2 aliphatic heterocycles. The van der Waals surface area contributed by atoms with Crippen molar-refractivity contribution in [2.75, 3.05) is 31.1 Å². The summed E-state index contributed by atoms with van der Waals surface area (Å²) in [7, 11) is 0. The average molecular weight is 188 g/mol. The maximum atomic E-state index is 3.47. The van der Waals surface area contributed by atoms with Crippen molar-refractivity contribution in [3.8, 4) is 0 Å². The highest BCUT2D eigenvalue weighted by Crippen LogP contribution is 2.29. The Morgan fingerprint density at radius 2 is 1.64 bits per heavy atom. The predicted molar refractivity (Wildman–Crippen MR) is 58.5 cm³/mol. The molecule has 0 spiro atoms. The molecule has 1 N–H and O–H groups in total. The van der Waals surface area contributed by atoms with Crippen LogP contribution in [0.15, 0.2) is 30.3 Å². The van der Waals surface area contributed by atoms with E-state index in [1.807, 2.05) is 0 Å². The van der Waals surface area contributed by atoms with E-state index in [-0.39, 0.29) is 0 Å². The fraction of sp³-hybridized carbons (Fsp3) is 0.500. The molecule has 14 heavy (non-hydrogen) atoms. The minimum Gasteiger partial charge on any atom is -0.371 e. The number of hydrogen-bond acceptors (Lipinski definition) is 2. The third kappa shape index (κ3) is 1.30. The van der Waals surface area contributed by atoms with Crippen molar-refractivity contribution in [2.45, 2.75) is 0 Å². The van der Waals surface area contributed by atoms with Crippen molar-refractivity contribution in [3.05, 3.63) is 30.3 Å². The zero-order valence-electron chi connectivity index (χ0n) is 8.32. The van der Waals surface area contributed by atoms with Crippen molar-refractivity contribution >= 4 is 5.69 Å². The van der Waals surface area contributed by atoms with Gasteiger partial charge in [0, 0.05) is 31.9 Å². The molecule has 2 fully saturated rings. The van der Waals surface area contributed by atoms with Crippen molar-refractivity contribution < 1.29 is 0 Å². The molecule has 2 saturated heterocycles. The van der Waals surface area contributed by atoms with E-state index < -0.39 is 0 Å². The van der Waals surface area contributed by atoms with Crippen LogP contribution < -0.4 is 10.2 Å². The van der Waals surface area contributed by atoms with E-state index in [9.17, 15) is 0 Å². The molecule has 2 nitrogen and oxygen atoms in total. The highest BCUT2D eigenvalue weighted by Gasteiger charge is 2.35. The lowest BCUT2D eigenvalue weighted by Gasteiger charge is -2.19. The lowest BCUT2D eigenvalue weighted by molar-refractivity contribution is 0.533. The predicted octanol–water partition coefficient (Wildman–Crippen LogP) is 1.34. The van der Waals surface area contributed by atoms with E-state index in [2.05, 4.69) is 40.5 Å². The van der Waals surface area contributed by atoms with Crippen LogP contribution in [0.4, 0.5) is 5.69 Å². The third-order valence-electron chi connectivity index (χ3n) is 3.51. The van der Waals surface area contributed by atoms with Crippen molar-refractivity contribution in [1.29, 1.82) is 0 Å². The fourth-order valence-corrected chi connectivity index (χ4v) is 2.71. The van der Waals surface area contributed by atoms with Crippen LogP contribution in [0.3, 0.4) is 0 Å². The van der Waals surface area contributed by atoms with Crippen molar-refractivity contribution in [1.82, 2.24) is 5.32 Å². The highest BCUT2D eigenvalue weighted by molar-refractivity contribution is 5.47. The maximum absolute atomic E-state index is 3.47. The largest absolute Gasteiger partial charge is 0.371 e. The molecule has 2 heterocycles. The third-order valence-corrected chi connectivity index (χ3v) is 3.51. The second-order valence-electron chi connectivity index (χ2n) is 4.42. The molecule has 0 aromatic heterocycles. The number of fused-ring (bicyclic) bond motifs is 1. The monoisotopic (exact) mass is 188 g/mol. The molecule has 0 saturated carbocycles. The van der Waals surface area contributed by atoms with Crippen molar-refractivity contribution in [2.24, 2.45) is 11.8 Å². The summed E-state index contributed by atoms with van der Waals surface area (Å²) in [6.45, 7) is 4.91. The van der Waals surface area contributed by atoms with Gasteiger partial charge in [-0.25, -0.2) is 0 Å². The van der Waals surface area contributed by atoms with Gasteiger partial charge in [-0.3, -0.25) is 0 Å². The summed E-state index contributed by atoms with van der Waals surface area (Å²) in [5.41, 5.74) is 1.39. The molecular formula is C12H16N2. The number of nitrogens with zero attached hydrogens (tertiary/aromatic N) is 1. The molecule has 2 heteroatoms. The fourth-order valence-electron chi connectivity index (χ4n) is 2.71. The number of nitrogens with one attached hydrogen (secondary N) is 1. The molecule has 2 atom stereocenters. The van der Waals surface area contributed by atoms with Gasteiger partial charge in [-0.1, -0.05) is 18.2 Å². The van der Waals surface area contributed by atoms with Crippen LogP contribution in [0.5, 0.6) is 0 Å². The Bertz CT molecular complexity index is 297. The number of para-hydroxylation sites is 1. The van der Waals surface area contributed by atoms with Crippen LogP contribution in [0.1, 0.15) is 0 Å². The first-order valence-corrected chi connectivity index (χ1v) is 5.44. The van der Waals surface area contributed by atoms with Crippen LogP contribution in [-0.4, -0.2) is 26.2 Å². The van der Waals surface area contributed by atoms with Gasteiger partial charge in [-0.05, 0) is 24.0 Å². The standard InChI is InChI=1S/C12H16N2/c1-2-4-12(5-3-1)14-8-10-6-13-7-11(10)9-14/h1-5,10-11,13H,6-9H2/t10-,11-/m0/s1. The number of hydrogen-bond donors (Lipinski definition) is 1.